The van der Waals surface area contributed by atoms with E-state index < -0.39 is 0 Å². The minimum absolute atomic E-state index is 0.0521. The maximum atomic E-state index is 12.7. The van der Waals surface area contributed by atoms with E-state index in [1.54, 1.807) is 12.4 Å². The van der Waals surface area contributed by atoms with Crippen molar-refractivity contribution in [1.29, 1.82) is 0 Å². The van der Waals surface area contributed by atoms with Crippen molar-refractivity contribution >= 4 is 5.91 Å². The quantitative estimate of drug-likeness (QED) is 0.713. The van der Waals surface area contributed by atoms with Crippen LogP contribution in [-0.4, -0.2) is 38.8 Å². The molecule has 1 saturated heterocycles. The van der Waals surface area contributed by atoms with E-state index in [2.05, 4.69) is 34.2 Å². The first-order chi connectivity index (χ1) is 13.2. The number of carbonyl (C=O) groups excluding carboxylic acids is 1. The second kappa shape index (κ2) is 7.66. The Hall–Kier alpha value is -3.08. The molecule has 1 aliphatic heterocycles. The third kappa shape index (κ3) is 3.87. The highest BCUT2D eigenvalue weighted by Crippen LogP contribution is 2.30. The van der Waals surface area contributed by atoms with Crippen LogP contribution < -0.4 is 0 Å². The SMILES string of the molecule is Cc1cc(-c2ccccc2)cc([C@@H]2CCCN(C(=O)c3cnccn3)C2)n1. The Balaban J connectivity index is 1.58. The number of pyridine rings is 1. The van der Waals surface area contributed by atoms with Gasteiger partial charge in [0.1, 0.15) is 5.69 Å². The number of aryl methyl sites for hydroxylation is 1. The van der Waals surface area contributed by atoms with Crippen molar-refractivity contribution in [3.8, 4) is 11.1 Å². The Morgan fingerprint density at radius 1 is 1.11 bits per heavy atom. The maximum absolute atomic E-state index is 12.7. The minimum atomic E-state index is -0.0521. The highest BCUT2D eigenvalue weighted by molar-refractivity contribution is 5.92. The maximum Gasteiger partial charge on any atom is 0.274 e. The predicted octanol–water partition coefficient (Wildman–Crippen LogP) is 3.87. The van der Waals surface area contributed by atoms with E-state index in [0.717, 1.165) is 30.8 Å². The van der Waals surface area contributed by atoms with Crippen LogP contribution in [0.15, 0.2) is 61.1 Å². The van der Waals surface area contributed by atoms with Gasteiger partial charge in [0.2, 0.25) is 0 Å². The molecule has 136 valence electrons. The lowest BCUT2D eigenvalue weighted by molar-refractivity contribution is 0.0699. The van der Waals surface area contributed by atoms with Gasteiger partial charge in [0, 0.05) is 42.8 Å². The van der Waals surface area contributed by atoms with E-state index in [4.69, 9.17) is 4.98 Å². The van der Waals surface area contributed by atoms with Gasteiger partial charge in [-0.15, -0.1) is 0 Å². The summed E-state index contributed by atoms with van der Waals surface area (Å²) >= 11 is 0. The molecule has 0 unspecified atom stereocenters. The van der Waals surface area contributed by atoms with Crippen LogP contribution >= 0.6 is 0 Å². The lowest BCUT2D eigenvalue weighted by Crippen LogP contribution is -2.39. The summed E-state index contributed by atoms with van der Waals surface area (Å²) < 4.78 is 0. The molecule has 0 radical (unpaired) electrons. The highest BCUT2D eigenvalue weighted by atomic mass is 16.2. The molecule has 5 heteroatoms. The molecule has 1 atom stereocenters. The number of hydrogen-bond donors (Lipinski definition) is 0. The van der Waals surface area contributed by atoms with E-state index in [0.29, 0.717) is 12.2 Å². The molecular weight excluding hydrogens is 336 g/mol. The summed E-state index contributed by atoms with van der Waals surface area (Å²) in [5.41, 5.74) is 4.83. The van der Waals surface area contributed by atoms with Gasteiger partial charge in [0.05, 0.1) is 6.20 Å². The highest BCUT2D eigenvalue weighted by Gasteiger charge is 2.27. The second-order valence-electron chi connectivity index (χ2n) is 6.97. The van der Waals surface area contributed by atoms with E-state index >= 15 is 0 Å². The molecule has 1 aliphatic rings. The first-order valence-corrected chi connectivity index (χ1v) is 9.30. The molecule has 0 saturated carbocycles. The first-order valence-electron chi connectivity index (χ1n) is 9.30. The van der Waals surface area contributed by atoms with Crippen LogP contribution in [0.1, 0.15) is 40.6 Å². The fourth-order valence-corrected chi connectivity index (χ4v) is 3.68. The van der Waals surface area contributed by atoms with Crippen molar-refractivity contribution < 1.29 is 4.79 Å². The standard InChI is InChI=1S/C22H22N4O/c1-16-12-19(17-6-3-2-4-7-17)13-20(25-16)18-8-5-11-26(15-18)22(27)21-14-23-9-10-24-21/h2-4,6-7,9-10,12-14,18H,5,8,11,15H2,1H3/t18-/m1/s1. The normalized spacial score (nSPS) is 16.9. The van der Waals surface area contributed by atoms with E-state index in [-0.39, 0.29) is 11.8 Å². The van der Waals surface area contributed by atoms with Gasteiger partial charge in [-0.25, -0.2) is 4.98 Å². The van der Waals surface area contributed by atoms with E-state index in [9.17, 15) is 4.79 Å². The van der Waals surface area contributed by atoms with Gasteiger partial charge < -0.3 is 4.90 Å². The molecule has 1 fully saturated rings. The van der Waals surface area contributed by atoms with Crippen molar-refractivity contribution in [2.24, 2.45) is 0 Å². The second-order valence-corrected chi connectivity index (χ2v) is 6.97. The zero-order valence-corrected chi connectivity index (χ0v) is 15.4. The Morgan fingerprint density at radius 2 is 1.96 bits per heavy atom. The minimum Gasteiger partial charge on any atom is -0.337 e. The molecule has 5 nitrogen and oxygen atoms in total. The van der Waals surface area contributed by atoms with Gasteiger partial charge in [-0.3, -0.25) is 14.8 Å². The van der Waals surface area contributed by atoms with Crippen LogP contribution in [0.2, 0.25) is 0 Å². The van der Waals surface area contributed by atoms with Gasteiger partial charge in [-0.1, -0.05) is 30.3 Å². The number of piperidine rings is 1. The molecule has 27 heavy (non-hydrogen) atoms. The fraction of sp³-hybridized carbons (Fsp3) is 0.273. The lowest BCUT2D eigenvalue weighted by atomic mass is 9.92. The third-order valence-electron chi connectivity index (χ3n) is 4.99. The number of rotatable bonds is 3. The molecule has 4 rings (SSSR count). The number of amides is 1. The van der Waals surface area contributed by atoms with Crippen LogP contribution in [0.5, 0.6) is 0 Å². The van der Waals surface area contributed by atoms with Crippen molar-refractivity contribution in [2.45, 2.75) is 25.7 Å². The fourth-order valence-electron chi connectivity index (χ4n) is 3.68. The average Bonchev–Trinajstić information content (AvgIpc) is 2.74. The summed E-state index contributed by atoms with van der Waals surface area (Å²) in [7, 11) is 0. The number of aromatic nitrogens is 3. The first kappa shape index (κ1) is 17.3. The molecule has 2 aromatic heterocycles. The van der Waals surface area contributed by atoms with Crippen LogP contribution in [-0.2, 0) is 0 Å². The molecular formula is C22H22N4O. The average molecular weight is 358 g/mol. The predicted molar refractivity (Wildman–Crippen MR) is 104 cm³/mol. The molecule has 0 N–H and O–H groups in total. The van der Waals surface area contributed by atoms with Crippen LogP contribution in [0.25, 0.3) is 11.1 Å². The topological polar surface area (TPSA) is 59.0 Å². The Labute approximate surface area is 159 Å². The van der Waals surface area contributed by atoms with Crippen LogP contribution in [0.4, 0.5) is 0 Å². The summed E-state index contributed by atoms with van der Waals surface area (Å²) in [6.07, 6.45) is 6.67. The third-order valence-corrected chi connectivity index (χ3v) is 4.99. The van der Waals surface area contributed by atoms with Crippen LogP contribution in [0.3, 0.4) is 0 Å². The molecule has 0 spiro atoms. The smallest absolute Gasteiger partial charge is 0.274 e. The summed E-state index contributed by atoms with van der Waals surface area (Å²) in [6.45, 7) is 3.45. The Kier molecular flexibility index (Phi) is 4.92. The molecule has 1 amide bonds. The largest absolute Gasteiger partial charge is 0.337 e. The summed E-state index contributed by atoms with van der Waals surface area (Å²) in [6, 6.07) is 14.6. The Morgan fingerprint density at radius 3 is 2.74 bits per heavy atom. The summed E-state index contributed by atoms with van der Waals surface area (Å²) in [5.74, 6) is 0.186. The van der Waals surface area contributed by atoms with E-state index in [1.807, 2.05) is 30.0 Å². The van der Waals surface area contributed by atoms with Gasteiger partial charge in [-0.05, 0) is 43.0 Å². The van der Waals surface area contributed by atoms with Crippen molar-refractivity contribution in [1.82, 2.24) is 19.9 Å². The molecule has 3 heterocycles. The number of hydrogen-bond acceptors (Lipinski definition) is 4. The number of nitrogens with zero attached hydrogens (tertiary/aromatic N) is 4. The summed E-state index contributed by atoms with van der Waals surface area (Å²) in [5, 5.41) is 0. The molecule has 1 aromatic carbocycles. The molecule has 3 aromatic rings. The van der Waals surface area contributed by atoms with Gasteiger partial charge in [0.15, 0.2) is 0 Å². The van der Waals surface area contributed by atoms with Gasteiger partial charge >= 0.3 is 0 Å². The number of likely N-dealkylation sites (tertiary alicyclic amines) is 1. The zero-order valence-electron chi connectivity index (χ0n) is 15.4. The van der Waals surface area contributed by atoms with Gasteiger partial charge in [-0.2, -0.15) is 0 Å². The lowest BCUT2D eigenvalue weighted by Gasteiger charge is -2.32. The van der Waals surface area contributed by atoms with Crippen molar-refractivity contribution in [3.05, 3.63) is 78.1 Å². The van der Waals surface area contributed by atoms with Gasteiger partial charge in [0.25, 0.3) is 5.91 Å². The monoisotopic (exact) mass is 358 g/mol. The Bertz CT molecular complexity index is 928. The zero-order chi connectivity index (χ0) is 18.6. The molecule has 0 bridgehead atoms. The summed E-state index contributed by atoms with van der Waals surface area (Å²) in [4.78, 5) is 27.6. The van der Waals surface area contributed by atoms with Crippen molar-refractivity contribution in [3.63, 3.8) is 0 Å². The van der Waals surface area contributed by atoms with Crippen molar-refractivity contribution in [2.75, 3.05) is 13.1 Å². The van der Waals surface area contributed by atoms with Crippen LogP contribution in [0, 0.1) is 6.92 Å². The molecule has 0 aliphatic carbocycles. The number of carbonyl (C=O) groups is 1. The van der Waals surface area contributed by atoms with E-state index in [1.165, 1.54) is 17.3 Å². The number of benzene rings is 1.